The van der Waals surface area contributed by atoms with E-state index in [1.165, 1.54) is 0 Å². The number of benzene rings is 2. The molecule has 1 atom stereocenters. The van der Waals surface area contributed by atoms with E-state index < -0.39 is 18.0 Å². The Hall–Kier alpha value is -2.80. The van der Waals surface area contributed by atoms with Crippen molar-refractivity contribution in [2.45, 2.75) is 24.5 Å². The third kappa shape index (κ3) is 6.98. The molecule has 0 spiro atoms. The molecule has 136 valence electrons. The first-order valence-electron chi connectivity index (χ1n) is 8.05. The van der Waals surface area contributed by atoms with Crippen LogP contribution in [0.5, 0.6) is 0 Å². The molecule has 2 amide bonds. The maximum absolute atomic E-state index is 12.1. The Morgan fingerprint density at radius 3 is 2.27 bits per heavy atom. The molecule has 2 aromatic carbocycles. The summed E-state index contributed by atoms with van der Waals surface area (Å²) in [6.45, 7) is 1.46. The number of carbonyl (C=O) groups excluding carboxylic acids is 3. The van der Waals surface area contributed by atoms with Gasteiger partial charge in [-0.3, -0.25) is 9.59 Å². The molecule has 26 heavy (non-hydrogen) atoms. The van der Waals surface area contributed by atoms with Gasteiger partial charge in [-0.05, 0) is 36.4 Å². The highest BCUT2D eigenvalue weighted by Gasteiger charge is 2.17. The van der Waals surface area contributed by atoms with Crippen LogP contribution in [0.3, 0.4) is 0 Å². The van der Waals surface area contributed by atoms with E-state index >= 15 is 0 Å². The van der Waals surface area contributed by atoms with Gasteiger partial charge in [0.2, 0.25) is 11.0 Å². The van der Waals surface area contributed by atoms with Crippen molar-refractivity contribution in [1.82, 2.24) is 10.6 Å². The zero-order valence-corrected chi connectivity index (χ0v) is 15.1. The molecule has 2 aromatic rings. The molecule has 2 rings (SSSR count). The number of thioether (sulfide) groups is 1. The standard InChI is InChI=1S/C19H20N2O4S/c1-14(18(23)26-16-10-6-3-7-11-16)21-17(22)12-20-19(24)25-13-15-8-4-2-5-9-15/h2-11,14H,12-13H2,1H3,(H,20,24)(H,21,22)/t14-/m0/s1. The number of ether oxygens (including phenoxy) is 1. The Morgan fingerprint density at radius 1 is 1.00 bits per heavy atom. The molecule has 0 unspecified atom stereocenters. The second-order valence-electron chi connectivity index (χ2n) is 5.44. The minimum absolute atomic E-state index is 0.122. The number of carbonyl (C=O) groups is 3. The molecular formula is C19H20N2O4S. The van der Waals surface area contributed by atoms with E-state index in [2.05, 4.69) is 10.6 Å². The summed E-state index contributed by atoms with van der Waals surface area (Å²) in [5.41, 5.74) is 0.851. The number of alkyl carbamates (subject to hydrolysis) is 1. The predicted molar refractivity (Wildman–Crippen MR) is 99.5 cm³/mol. The van der Waals surface area contributed by atoms with E-state index in [9.17, 15) is 14.4 Å². The maximum atomic E-state index is 12.1. The fourth-order valence-corrected chi connectivity index (χ4v) is 2.73. The topological polar surface area (TPSA) is 84.5 Å². The van der Waals surface area contributed by atoms with E-state index in [0.29, 0.717) is 0 Å². The molecule has 0 aromatic heterocycles. The van der Waals surface area contributed by atoms with Crippen molar-refractivity contribution in [3.63, 3.8) is 0 Å². The van der Waals surface area contributed by atoms with Gasteiger partial charge >= 0.3 is 6.09 Å². The quantitative estimate of drug-likeness (QED) is 0.730. The van der Waals surface area contributed by atoms with Crippen molar-refractivity contribution in [3.05, 3.63) is 66.2 Å². The van der Waals surface area contributed by atoms with Gasteiger partial charge in [-0.25, -0.2) is 4.79 Å². The molecule has 0 aliphatic rings. The Morgan fingerprint density at radius 2 is 1.62 bits per heavy atom. The SMILES string of the molecule is C[C@H](NC(=O)CNC(=O)OCc1ccccc1)C(=O)Sc1ccccc1. The smallest absolute Gasteiger partial charge is 0.407 e. The fraction of sp³-hybridized carbons (Fsp3) is 0.211. The van der Waals surface area contributed by atoms with Crippen molar-refractivity contribution in [1.29, 1.82) is 0 Å². The number of rotatable bonds is 7. The summed E-state index contributed by atoms with van der Waals surface area (Å²) in [5.74, 6) is -0.462. The highest BCUT2D eigenvalue weighted by molar-refractivity contribution is 8.13. The van der Waals surface area contributed by atoms with E-state index in [-0.39, 0.29) is 18.3 Å². The Kier molecular flexibility index (Phi) is 7.70. The van der Waals surface area contributed by atoms with Crippen molar-refractivity contribution in [2.75, 3.05) is 6.54 Å². The summed E-state index contributed by atoms with van der Waals surface area (Å²) in [6.07, 6.45) is -0.693. The molecule has 0 bridgehead atoms. The van der Waals surface area contributed by atoms with E-state index in [4.69, 9.17) is 4.74 Å². The molecule has 0 aliphatic carbocycles. The molecule has 0 radical (unpaired) electrons. The maximum Gasteiger partial charge on any atom is 0.407 e. The Balaban J connectivity index is 1.67. The second-order valence-corrected chi connectivity index (χ2v) is 6.52. The molecule has 0 saturated carbocycles. The monoisotopic (exact) mass is 372 g/mol. The zero-order chi connectivity index (χ0) is 18.8. The van der Waals surface area contributed by atoms with E-state index in [0.717, 1.165) is 22.2 Å². The van der Waals surface area contributed by atoms with Crippen LogP contribution >= 0.6 is 11.8 Å². The van der Waals surface area contributed by atoms with Gasteiger partial charge in [-0.2, -0.15) is 0 Å². The van der Waals surface area contributed by atoms with Gasteiger partial charge in [0.15, 0.2) is 0 Å². The van der Waals surface area contributed by atoms with Gasteiger partial charge in [0.1, 0.15) is 13.2 Å². The van der Waals surface area contributed by atoms with Crippen LogP contribution in [0.15, 0.2) is 65.6 Å². The number of amides is 2. The van der Waals surface area contributed by atoms with Crippen molar-refractivity contribution < 1.29 is 19.1 Å². The van der Waals surface area contributed by atoms with Crippen LogP contribution in [-0.4, -0.2) is 29.7 Å². The van der Waals surface area contributed by atoms with Gasteiger partial charge < -0.3 is 15.4 Å². The summed E-state index contributed by atoms with van der Waals surface area (Å²) < 4.78 is 5.01. The molecule has 0 fully saturated rings. The average Bonchev–Trinajstić information content (AvgIpc) is 2.66. The average molecular weight is 372 g/mol. The van der Waals surface area contributed by atoms with Crippen LogP contribution in [0.25, 0.3) is 0 Å². The lowest BCUT2D eigenvalue weighted by molar-refractivity contribution is -0.123. The summed E-state index contributed by atoms with van der Waals surface area (Å²) in [4.78, 5) is 36.3. The van der Waals surface area contributed by atoms with Crippen LogP contribution < -0.4 is 10.6 Å². The third-order valence-electron chi connectivity index (χ3n) is 3.30. The van der Waals surface area contributed by atoms with Crippen molar-refractivity contribution >= 4 is 28.9 Å². The summed E-state index contributed by atoms with van der Waals surface area (Å²) >= 11 is 1.06. The molecule has 0 aliphatic heterocycles. The second kappa shape index (κ2) is 10.2. The van der Waals surface area contributed by atoms with E-state index in [1.807, 2.05) is 60.7 Å². The van der Waals surface area contributed by atoms with Gasteiger partial charge in [0, 0.05) is 4.90 Å². The van der Waals surface area contributed by atoms with Crippen LogP contribution in [0, 0.1) is 0 Å². The number of hydrogen-bond acceptors (Lipinski definition) is 5. The largest absolute Gasteiger partial charge is 0.445 e. The lowest BCUT2D eigenvalue weighted by Gasteiger charge is -2.13. The number of hydrogen-bond donors (Lipinski definition) is 2. The lowest BCUT2D eigenvalue weighted by Crippen LogP contribution is -2.43. The summed E-state index contributed by atoms with van der Waals surface area (Å²) in [7, 11) is 0. The highest BCUT2D eigenvalue weighted by atomic mass is 32.2. The Labute approximate surface area is 156 Å². The first-order chi connectivity index (χ1) is 12.5. The van der Waals surface area contributed by atoms with E-state index in [1.54, 1.807) is 6.92 Å². The molecule has 6 nitrogen and oxygen atoms in total. The third-order valence-corrected chi connectivity index (χ3v) is 4.36. The predicted octanol–water partition coefficient (Wildman–Crippen LogP) is 2.74. The zero-order valence-electron chi connectivity index (χ0n) is 14.3. The minimum Gasteiger partial charge on any atom is -0.445 e. The van der Waals surface area contributed by atoms with Crippen LogP contribution in [0.4, 0.5) is 4.79 Å². The first-order valence-corrected chi connectivity index (χ1v) is 8.87. The van der Waals surface area contributed by atoms with Crippen LogP contribution in [-0.2, 0) is 20.9 Å². The van der Waals surface area contributed by atoms with Crippen LogP contribution in [0.1, 0.15) is 12.5 Å². The van der Waals surface area contributed by atoms with Gasteiger partial charge in [-0.1, -0.05) is 48.5 Å². The fourth-order valence-electron chi connectivity index (χ4n) is 1.97. The highest BCUT2D eigenvalue weighted by Crippen LogP contribution is 2.19. The molecule has 7 heteroatoms. The minimum atomic E-state index is -0.693. The van der Waals surface area contributed by atoms with Crippen LogP contribution in [0.2, 0.25) is 0 Å². The van der Waals surface area contributed by atoms with Gasteiger partial charge in [0.05, 0.1) is 6.04 Å². The summed E-state index contributed by atoms with van der Waals surface area (Å²) in [6, 6.07) is 17.7. The Bertz CT molecular complexity index is 738. The lowest BCUT2D eigenvalue weighted by atomic mass is 10.2. The van der Waals surface area contributed by atoms with Gasteiger partial charge in [-0.15, -0.1) is 0 Å². The molecule has 2 N–H and O–H groups in total. The number of nitrogens with one attached hydrogen (secondary N) is 2. The summed E-state index contributed by atoms with van der Waals surface area (Å²) in [5, 5.41) is 4.72. The normalized spacial score (nSPS) is 11.3. The molecule has 0 saturated heterocycles. The van der Waals surface area contributed by atoms with Crippen molar-refractivity contribution in [3.8, 4) is 0 Å². The first kappa shape index (κ1) is 19.5. The van der Waals surface area contributed by atoms with Gasteiger partial charge in [0.25, 0.3) is 0 Å². The van der Waals surface area contributed by atoms with Crippen molar-refractivity contribution in [2.24, 2.45) is 0 Å². The molecular weight excluding hydrogens is 352 g/mol. The molecule has 0 heterocycles.